The molecule has 0 aromatic heterocycles. The van der Waals surface area contributed by atoms with Crippen LogP contribution in [0.5, 0.6) is 11.5 Å². The van der Waals surface area contributed by atoms with Gasteiger partial charge in [0.1, 0.15) is 5.82 Å². The fourth-order valence-corrected chi connectivity index (χ4v) is 4.12. The lowest BCUT2D eigenvalue weighted by Crippen LogP contribution is -2.26. The van der Waals surface area contributed by atoms with E-state index in [0.29, 0.717) is 34.5 Å². The Morgan fingerprint density at radius 1 is 1.03 bits per heavy atom. The van der Waals surface area contributed by atoms with Crippen LogP contribution in [0.2, 0.25) is 0 Å². The van der Waals surface area contributed by atoms with Crippen LogP contribution in [0.25, 0.3) is 0 Å². The fourth-order valence-electron chi connectivity index (χ4n) is 3.22. The standard InChI is InChI=1S/C25H25FN2O5S/c1-4-32-22-12-6-17(15-23(22)33-5-2)16(3)27-25(29)18-7-13-24(21(14-18)28(30)31)34-20-10-8-19(26)9-11-20/h6-16H,4-5H2,1-3H3,(H,27,29). The van der Waals surface area contributed by atoms with Crippen LogP contribution in [-0.4, -0.2) is 24.0 Å². The first-order valence-corrected chi connectivity index (χ1v) is 11.6. The van der Waals surface area contributed by atoms with Gasteiger partial charge in [-0.2, -0.15) is 0 Å². The summed E-state index contributed by atoms with van der Waals surface area (Å²) >= 11 is 1.13. The molecule has 178 valence electrons. The van der Waals surface area contributed by atoms with Crippen LogP contribution < -0.4 is 14.8 Å². The molecule has 1 N–H and O–H groups in total. The lowest BCUT2D eigenvalue weighted by atomic mass is 10.1. The smallest absolute Gasteiger partial charge is 0.284 e. The second-order valence-electron chi connectivity index (χ2n) is 7.26. The van der Waals surface area contributed by atoms with Gasteiger partial charge in [0.2, 0.25) is 0 Å². The van der Waals surface area contributed by atoms with E-state index in [-0.39, 0.29) is 23.1 Å². The summed E-state index contributed by atoms with van der Waals surface area (Å²) in [5.74, 6) is 0.374. The minimum Gasteiger partial charge on any atom is -0.490 e. The molecule has 34 heavy (non-hydrogen) atoms. The van der Waals surface area contributed by atoms with Crippen LogP contribution in [0.4, 0.5) is 10.1 Å². The second kappa shape index (κ2) is 11.5. The van der Waals surface area contributed by atoms with E-state index in [4.69, 9.17) is 9.47 Å². The summed E-state index contributed by atoms with van der Waals surface area (Å²) in [7, 11) is 0. The van der Waals surface area contributed by atoms with E-state index in [1.807, 2.05) is 32.9 Å². The molecule has 0 saturated heterocycles. The van der Waals surface area contributed by atoms with E-state index in [1.54, 1.807) is 18.2 Å². The highest BCUT2D eigenvalue weighted by atomic mass is 32.2. The first-order valence-electron chi connectivity index (χ1n) is 10.7. The number of amides is 1. The van der Waals surface area contributed by atoms with Gasteiger partial charge in [-0.1, -0.05) is 17.8 Å². The van der Waals surface area contributed by atoms with E-state index >= 15 is 0 Å². The zero-order chi connectivity index (χ0) is 24.7. The van der Waals surface area contributed by atoms with Gasteiger partial charge in [-0.05, 0) is 74.9 Å². The molecule has 0 fully saturated rings. The molecule has 3 aromatic carbocycles. The zero-order valence-corrected chi connectivity index (χ0v) is 19.9. The summed E-state index contributed by atoms with van der Waals surface area (Å²) < 4.78 is 24.4. The third-order valence-corrected chi connectivity index (χ3v) is 5.95. The lowest BCUT2D eigenvalue weighted by molar-refractivity contribution is -0.387. The Balaban J connectivity index is 1.78. The number of rotatable bonds is 10. The minimum absolute atomic E-state index is 0.165. The molecule has 1 amide bonds. The number of nitro benzene ring substituents is 1. The number of hydrogen-bond donors (Lipinski definition) is 1. The normalized spacial score (nSPS) is 11.5. The Morgan fingerprint density at radius 2 is 1.71 bits per heavy atom. The van der Waals surface area contributed by atoms with Crippen molar-refractivity contribution in [1.82, 2.24) is 5.32 Å². The Bertz CT molecular complexity index is 1170. The fraction of sp³-hybridized carbons (Fsp3) is 0.240. The number of nitro groups is 1. The molecule has 0 aliphatic carbocycles. The molecule has 3 rings (SSSR count). The predicted molar refractivity (Wildman–Crippen MR) is 128 cm³/mol. The summed E-state index contributed by atoms with van der Waals surface area (Å²) in [6.07, 6.45) is 0. The first kappa shape index (κ1) is 25.0. The highest BCUT2D eigenvalue weighted by molar-refractivity contribution is 7.99. The molecule has 0 heterocycles. The van der Waals surface area contributed by atoms with Crippen LogP contribution >= 0.6 is 11.8 Å². The van der Waals surface area contributed by atoms with Crippen molar-refractivity contribution in [3.63, 3.8) is 0 Å². The largest absolute Gasteiger partial charge is 0.490 e. The molecule has 0 saturated carbocycles. The third-order valence-electron chi connectivity index (χ3n) is 4.87. The molecule has 0 spiro atoms. The van der Waals surface area contributed by atoms with E-state index in [0.717, 1.165) is 17.3 Å². The monoisotopic (exact) mass is 484 g/mol. The Kier molecular flexibility index (Phi) is 8.48. The summed E-state index contributed by atoms with van der Waals surface area (Å²) in [4.78, 5) is 25.0. The number of nitrogens with zero attached hydrogens (tertiary/aromatic N) is 1. The van der Waals surface area contributed by atoms with Gasteiger partial charge in [-0.25, -0.2) is 4.39 Å². The molecule has 7 nitrogen and oxygen atoms in total. The average molecular weight is 485 g/mol. The molecule has 0 bridgehead atoms. The van der Waals surface area contributed by atoms with Gasteiger partial charge in [0.15, 0.2) is 11.5 Å². The number of carbonyl (C=O) groups excluding carboxylic acids is 1. The summed E-state index contributed by atoms with van der Waals surface area (Å²) in [6.45, 7) is 6.54. The van der Waals surface area contributed by atoms with Gasteiger partial charge in [-0.3, -0.25) is 14.9 Å². The lowest BCUT2D eigenvalue weighted by Gasteiger charge is -2.17. The number of hydrogen-bond acceptors (Lipinski definition) is 6. The van der Waals surface area contributed by atoms with E-state index in [1.165, 1.54) is 30.3 Å². The van der Waals surface area contributed by atoms with Crippen molar-refractivity contribution in [1.29, 1.82) is 0 Å². The Morgan fingerprint density at radius 3 is 2.35 bits per heavy atom. The number of carbonyl (C=O) groups is 1. The minimum atomic E-state index is -0.535. The average Bonchev–Trinajstić information content (AvgIpc) is 2.82. The molecular formula is C25H25FN2O5S. The van der Waals surface area contributed by atoms with Crippen LogP contribution in [-0.2, 0) is 0 Å². The SMILES string of the molecule is CCOc1ccc(C(C)NC(=O)c2ccc(Sc3ccc(F)cc3)c([N+](=O)[O-])c2)cc1OCC. The van der Waals surface area contributed by atoms with Crippen molar-refractivity contribution in [3.05, 3.63) is 87.7 Å². The molecular weight excluding hydrogens is 459 g/mol. The van der Waals surface area contributed by atoms with Gasteiger partial charge in [0.05, 0.1) is 29.1 Å². The molecule has 9 heteroatoms. The van der Waals surface area contributed by atoms with Crippen molar-refractivity contribution in [2.24, 2.45) is 0 Å². The quantitative estimate of drug-likeness (QED) is 0.273. The number of benzene rings is 3. The highest BCUT2D eigenvalue weighted by Crippen LogP contribution is 2.36. The predicted octanol–water partition coefficient (Wildman–Crippen LogP) is 6.17. The molecule has 1 atom stereocenters. The van der Waals surface area contributed by atoms with Gasteiger partial charge in [-0.15, -0.1) is 0 Å². The van der Waals surface area contributed by atoms with E-state index in [2.05, 4.69) is 5.32 Å². The number of nitrogens with one attached hydrogen (secondary N) is 1. The Hall–Kier alpha value is -3.59. The van der Waals surface area contributed by atoms with Crippen LogP contribution in [0, 0.1) is 15.9 Å². The van der Waals surface area contributed by atoms with Crippen LogP contribution in [0.1, 0.15) is 42.7 Å². The van der Waals surface area contributed by atoms with Crippen molar-refractivity contribution < 1.29 is 23.6 Å². The molecule has 3 aromatic rings. The summed E-state index contributed by atoms with van der Waals surface area (Å²) in [5.41, 5.74) is 0.769. The van der Waals surface area contributed by atoms with Crippen molar-refractivity contribution in [2.75, 3.05) is 13.2 Å². The maximum atomic E-state index is 13.1. The van der Waals surface area contributed by atoms with Crippen molar-refractivity contribution in [2.45, 2.75) is 36.6 Å². The topological polar surface area (TPSA) is 90.7 Å². The first-order chi connectivity index (χ1) is 16.3. The molecule has 0 aliphatic heterocycles. The number of ether oxygens (including phenoxy) is 2. The third kappa shape index (κ3) is 6.26. The maximum Gasteiger partial charge on any atom is 0.284 e. The van der Waals surface area contributed by atoms with Crippen LogP contribution in [0.3, 0.4) is 0 Å². The van der Waals surface area contributed by atoms with Gasteiger partial charge >= 0.3 is 0 Å². The molecule has 0 radical (unpaired) electrons. The van der Waals surface area contributed by atoms with E-state index in [9.17, 15) is 19.3 Å². The van der Waals surface area contributed by atoms with Gasteiger partial charge in [0, 0.05) is 16.5 Å². The van der Waals surface area contributed by atoms with Gasteiger partial charge in [0.25, 0.3) is 11.6 Å². The van der Waals surface area contributed by atoms with Crippen molar-refractivity contribution >= 4 is 23.4 Å². The van der Waals surface area contributed by atoms with Crippen molar-refractivity contribution in [3.8, 4) is 11.5 Å². The van der Waals surface area contributed by atoms with E-state index < -0.39 is 10.8 Å². The second-order valence-corrected chi connectivity index (χ2v) is 8.38. The Labute approximate surface area is 201 Å². The summed E-state index contributed by atoms with van der Waals surface area (Å²) in [5, 5.41) is 14.5. The maximum absolute atomic E-state index is 13.1. The zero-order valence-electron chi connectivity index (χ0n) is 19.0. The highest BCUT2D eigenvalue weighted by Gasteiger charge is 2.20. The van der Waals surface area contributed by atoms with Gasteiger partial charge < -0.3 is 14.8 Å². The molecule has 0 aliphatic rings. The number of halogens is 1. The molecule has 1 unspecified atom stereocenters. The summed E-state index contributed by atoms with van der Waals surface area (Å²) in [6, 6.07) is 15.0. The van der Waals surface area contributed by atoms with Crippen LogP contribution in [0.15, 0.2) is 70.5 Å².